The molecule has 0 aliphatic carbocycles. The first-order chi connectivity index (χ1) is 11.0. The van der Waals surface area contributed by atoms with E-state index >= 15 is 0 Å². The zero-order valence-corrected chi connectivity index (χ0v) is 14.2. The van der Waals surface area contributed by atoms with Gasteiger partial charge in [-0.15, -0.1) is 0 Å². The Balaban J connectivity index is 2.07. The van der Waals surface area contributed by atoms with Crippen LogP contribution in [-0.4, -0.2) is 13.1 Å². The predicted molar refractivity (Wildman–Crippen MR) is 92.0 cm³/mol. The molecule has 2 aromatic rings. The lowest BCUT2D eigenvalue weighted by atomic mass is 9.93. The van der Waals surface area contributed by atoms with Crippen molar-refractivity contribution in [1.29, 1.82) is 0 Å². The molecule has 0 aromatic heterocycles. The van der Waals surface area contributed by atoms with Crippen molar-refractivity contribution in [3.63, 3.8) is 0 Å². The lowest BCUT2D eigenvalue weighted by molar-refractivity contribution is -0.138. The number of methoxy groups -OCH3 is 1. The van der Waals surface area contributed by atoms with Gasteiger partial charge in [0.1, 0.15) is 11.5 Å². The first-order valence-corrected chi connectivity index (χ1v) is 8.00. The van der Waals surface area contributed by atoms with Crippen LogP contribution in [0, 0.1) is 5.92 Å². The summed E-state index contributed by atoms with van der Waals surface area (Å²) in [5.41, 5.74) is 2.40. The quantitative estimate of drug-likeness (QED) is 0.568. The van der Waals surface area contributed by atoms with Crippen molar-refractivity contribution in [2.75, 3.05) is 7.11 Å². The molecule has 2 atom stereocenters. The van der Waals surface area contributed by atoms with Crippen molar-refractivity contribution in [3.05, 3.63) is 59.7 Å². The smallest absolute Gasteiger partial charge is 0.314 e. The van der Waals surface area contributed by atoms with Crippen molar-refractivity contribution < 1.29 is 14.3 Å². The molecule has 2 aromatic carbocycles. The number of hydrogen-bond acceptors (Lipinski definition) is 3. The van der Waals surface area contributed by atoms with Crippen LogP contribution < -0.4 is 9.47 Å². The summed E-state index contributed by atoms with van der Waals surface area (Å²) in [6.07, 6.45) is 0.783. The third-order valence-corrected chi connectivity index (χ3v) is 4.23. The Morgan fingerprint density at radius 3 is 1.83 bits per heavy atom. The number of rotatable bonds is 6. The van der Waals surface area contributed by atoms with E-state index in [4.69, 9.17) is 9.47 Å². The number of esters is 1. The number of ether oxygens (including phenoxy) is 2. The van der Waals surface area contributed by atoms with Gasteiger partial charge in [-0.3, -0.25) is 4.79 Å². The van der Waals surface area contributed by atoms with Gasteiger partial charge in [0.2, 0.25) is 0 Å². The Morgan fingerprint density at radius 2 is 1.39 bits per heavy atom. The van der Waals surface area contributed by atoms with E-state index in [9.17, 15) is 4.79 Å². The van der Waals surface area contributed by atoms with E-state index < -0.39 is 0 Å². The van der Waals surface area contributed by atoms with Crippen molar-refractivity contribution in [2.24, 2.45) is 5.92 Å². The summed E-state index contributed by atoms with van der Waals surface area (Å²) in [5.74, 6) is 1.46. The molecule has 0 saturated carbocycles. The Kier molecular flexibility index (Phi) is 5.80. The van der Waals surface area contributed by atoms with Crippen LogP contribution in [0.1, 0.15) is 44.2 Å². The Labute approximate surface area is 138 Å². The van der Waals surface area contributed by atoms with Gasteiger partial charge in [0, 0.05) is 5.92 Å². The highest BCUT2D eigenvalue weighted by molar-refractivity contribution is 5.74. The first kappa shape index (κ1) is 17.1. The molecule has 0 saturated heterocycles. The second kappa shape index (κ2) is 7.82. The van der Waals surface area contributed by atoms with E-state index in [2.05, 4.69) is 19.1 Å². The summed E-state index contributed by atoms with van der Waals surface area (Å²) < 4.78 is 10.6. The minimum Gasteiger partial charge on any atom is -0.497 e. The second-order valence-corrected chi connectivity index (χ2v) is 5.79. The third kappa shape index (κ3) is 4.35. The largest absolute Gasteiger partial charge is 0.497 e. The predicted octanol–water partition coefficient (Wildman–Crippen LogP) is 4.80. The van der Waals surface area contributed by atoms with Gasteiger partial charge in [0.25, 0.3) is 0 Å². The van der Waals surface area contributed by atoms with Gasteiger partial charge >= 0.3 is 5.97 Å². The third-order valence-electron chi connectivity index (χ3n) is 4.23. The van der Waals surface area contributed by atoms with Gasteiger partial charge in [-0.1, -0.05) is 45.0 Å². The molecule has 2 rings (SSSR count). The fraction of sp³-hybridized carbons (Fsp3) is 0.350. The highest BCUT2D eigenvalue weighted by atomic mass is 16.5. The molecular formula is C20H24O3. The molecular weight excluding hydrogens is 288 g/mol. The zero-order valence-electron chi connectivity index (χ0n) is 14.2. The number of benzene rings is 2. The molecule has 0 aliphatic heterocycles. The highest BCUT2D eigenvalue weighted by Crippen LogP contribution is 2.27. The molecule has 0 heterocycles. The Bertz CT molecular complexity index is 629. The molecule has 0 spiro atoms. The minimum absolute atomic E-state index is 0.0760. The average Bonchev–Trinajstić information content (AvgIpc) is 2.61. The van der Waals surface area contributed by atoms with Gasteiger partial charge in [0.05, 0.1) is 13.0 Å². The van der Waals surface area contributed by atoms with Gasteiger partial charge in [-0.2, -0.15) is 0 Å². The van der Waals surface area contributed by atoms with Gasteiger partial charge in [-0.05, 0) is 41.8 Å². The van der Waals surface area contributed by atoms with E-state index in [1.807, 2.05) is 50.2 Å². The van der Waals surface area contributed by atoms with Crippen LogP contribution >= 0.6 is 0 Å². The average molecular weight is 312 g/mol. The van der Waals surface area contributed by atoms with Crippen LogP contribution in [0.25, 0.3) is 0 Å². The van der Waals surface area contributed by atoms with Crippen molar-refractivity contribution >= 4 is 5.97 Å². The van der Waals surface area contributed by atoms with Crippen LogP contribution in [-0.2, 0) is 4.79 Å². The number of carbonyl (C=O) groups is 1. The maximum atomic E-state index is 11.8. The molecule has 2 unspecified atom stereocenters. The second-order valence-electron chi connectivity index (χ2n) is 5.79. The summed E-state index contributed by atoms with van der Waals surface area (Å²) in [4.78, 5) is 11.8. The molecule has 0 aliphatic rings. The minimum atomic E-state index is -0.177. The summed E-state index contributed by atoms with van der Waals surface area (Å²) in [6, 6.07) is 15.8. The fourth-order valence-electron chi connectivity index (χ4n) is 2.29. The zero-order chi connectivity index (χ0) is 16.8. The van der Waals surface area contributed by atoms with Crippen LogP contribution in [0.5, 0.6) is 11.5 Å². The molecule has 3 heteroatoms. The number of carbonyl (C=O) groups excluding carboxylic acids is 1. The summed E-state index contributed by atoms with van der Waals surface area (Å²) in [6.45, 7) is 6.01. The lowest BCUT2D eigenvalue weighted by Gasteiger charge is -2.14. The Morgan fingerprint density at radius 1 is 0.913 bits per heavy atom. The fourth-order valence-corrected chi connectivity index (χ4v) is 2.29. The van der Waals surface area contributed by atoms with E-state index in [-0.39, 0.29) is 17.8 Å². The monoisotopic (exact) mass is 312 g/mol. The van der Waals surface area contributed by atoms with E-state index in [0.717, 1.165) is 12.2 Å². The standard InChI is InChI=1S/C20H24O3/c1-5-14(2)20(21)23-19-12-8-17(9-13-19)15(3)16-6-10-18(22-4)11-7-16/h6-15H,5H2,1-4H3. The highest BCUT2D eigenvalue weighted by Gasteiger charge is 2.14. The summed E-state index contributed by atoms with van der Waals surface area (Å²) in [7, 11) is 1.66. The topological polar surface area (TPSA) is 35.5 Å². The van der Waals surface area contributed by atoms with Crippen molar-refractivity contribution in [3.8, 4) is 11.5 Å². The molecule has 0 bridgehead atoms. The van der Waals surface area contributed by atoms with Gasteiger partial charge in [-0.25, -0.2) is 0 Å². The first-order valence-electron chi connectivity index (χ1n) is 8.00. The maximum Gasteiger partial charge on any atom is 0.314 e. The molecule has 23 heavy (non-hydrogen) atoms. The molecule has 3 nitrogen and oxygen atoms in total. The molecule has 122 valence electrons. The van der Waals surface area contributed by atoms with Crippen molar-refractivity contribution in [1.82, 2.24) is 0 Å². The lowest BCUT2D eigenvalue weighted by Crippen LogP contribution is -2.16. The Hall–Kier alpha value is -2.29. The maximum absolute atomic E-state index is 11.8. The van der Waals surface area contributed by atoms with Crippen LogP contribution in [0.15, 0.2) is 48.5 Å². The van der Waals surface area contributed by atoms with Crippen molar-refractivity contribution in [2.45, 2.75) is 33.1 Å². The van der Waals surface area contributed by atoms with E-state index in [0.29, 0.717) is 5.75 Å². The normalized spacial score (nSPS) is 13.2. The van der Waals surface area contributed by atoms with Crippen LogP contribution in [0.4, 0.5) is 0 Å². The molecule has 0 amide bonds. The van der Waals surface area contributed by atoms with Gasteiger partial charge in [0.15, 0.2) is 0 Å². The SMILES string of the molecule is CCC(C)C(=O)Oc1ccc(C(C)c2ccc(OC)cc2)cc1. The summed E-state index contributed by atoms with van der Waals surface area (Å²) >= 11 is 0. The van der Waals surface area contributed by atoms with Crippen LogP contribution in [0.2, 0.25) is 0 Å². The van der Waals surface area contributed by atoms with Gasteiger partial charge < -0.3 is 9.47 Å². The van der Waals surface area contributed by atoms with E-state index in [1.54, 1.807) is 7.11 Å². The summed E-state index contributed by atoms with van der Waals surface area (Å²) in [5, 5.41) is 0. The molecule has 0 fully saturated rings. The van der Waals surface area contributed by atoms with Crippen LogP contribution in [0.3, 0.4) is 0 Å². The van der Waals surface area contributed by atoms with E-state index in [1.165, 1.54) is 11.1 Å². The number of hydrogen-bond donors (Lipinski definition) is 0. The molecule has 0 radical (unpaired) electrons. The molecule has 0 N–H and O–H groups in total.